The van der Waals surface area contributed by atoms with Crippen molar-refractivity contribution in [2.75, 3.05) is 20.2 Å². The van der Waals surface area contributed by atoms with Crippen molar-refractivity contribution in [1.82, 2.24) is 5.32 Å². The third kappa shape index (κ3) is 3.53. The molecule has 2 heteroatoms. The molecular formula is C14H23NO. The zero-order valence-corrected chi connectivity index (χ0v) is 10.9. The number of hydrogen-bond donors (Lipinski definition) is 1. The summed E-state index contributed by atoms with van der Waals surface area (Å²) >= 11 is 0. The van der Waals surface area contributed by atoms with E-state index >= 15 is 0 Å². The highest BCUT2D eigenvalue weighted by atomic mass is 16.5. The van der Waals surface area contributed by atoms with E-state index in [2.05, 4.69) is 31.3 Å². The molecule has 0 aliphatic rings. The van der Waals surface area contributed by atoms with Crippen molar-refractivity contribution in [2.45, 2.75) is 33.6 Å². The Balaban J connectivity index is 2.75. The van der Waals surface area contributed by atoms with Gasteiger partial charge in [-0.2, -0.15) is 0 Å². The van der Waals surface area contributed by atoms with Crippen molar-refractivity contribution in [3.05, 3.63) is 28.8 Å². The Morgan fingerprint density at radius 3 is 2.56 bits per heavy atom. The van der Waals surface area contributed by atoms with Gasteiger partial charge >= 0.3 is 0 Å². The van der Waals surface area contributed by atoms with Crippen LogP contribution in [0.2, 0.25) is 0 Å². The number of hydrogen-bond acceptors (Lipinski definition) is 2. The molecule has 0 spiro atoms. The summed E-state index contributed by atoms with van der Waals surface area (Å²) in [7, 11) is 2.00. The second-order valence-electron chi connectivity index (χ2n) is 4.18. The van der Waals surface area contributed by atoms with Gasteiger partial charge in [-0.3, -0.25) is 0 Å². The third-order valence-corrected chi connectivity index (χ3v) is 2.81. The highest BCUT2D eigenvalue weighted by Crippen LogP contribution is 2.23. The van der Waals surface area contributed by atoms with Gasteiger partial charge in [0, 0.05) is 0 Å². The lowest BCUT2D eigenvalue weighted by atomic mass is 10.0. The summed E-state index contributed by atoms with van der Waals surface area (Å²) in [6.07, 6.45) is 2.32. The summed E-state index contributed by atoms with van der Waals surface area (Å²) in [6.45, 7) is 8.11. The Bertz CT molecular complexity index is 334. The van der Waals surface area contributed by atoms with E-state index < -0.39 is 0 Å². The van der Waals surface area contributed by atoms with Gasteiger partial charge in [0.1, 0.15) is 5.75 Å². The van der Waals surface area contributed by atoms with Crippen molar-refractivity contribution >= 4 is 0 Å². The third-order valence-electron chi connectivity index (χ3n) is 2.81. The molecule has 0 fully saturated rings. The van der Waals surface area contributed by atoms with Gasteiger partial charge in [0.25, 0.3) is 0 Å². The van der Waals surface area contributed by atoms with E-state index in [-0.39, 0.29) is 0 Å². The molecule has 0 bridgehead atoms. The SMILES string of the molecule is CCOc1cc(C)c(CCCNC)cc1C. The summed E-state index contributed by atoms with van der Waals surface area (Å²) in [5.74, 6) is 1.03. The van der Waals surface area contributed by atoms with Crippen LogP contribution in [0.4, 0.5) is 0 Å². The summed E-state index contributed by atoms with van der Waals surface area (Å²) in [4.78, 5) is 0. The molecule has 0 aromatic heterocycles. The second kappa shape index (κ2) is 6.54. The van der Waals surface area contributed by atoms with Crippen molar-refractivity contribution in [2.24, 2.45) is 0 Å². The van der Waals surface area contributed by atoms with E-state index in [4.69, 9.17) is 4.74 Å². The molecule has 0 saturated heterocycles. The normalized spacial score (nSPS) is 10.5. The minimum Gasteiger partial charge on any atom is -0.494 e. The first-order valence-electron chi connectivity index (χ1n) is 6.06. The van der Waals surface area contributed by atoms with Crippen LogP contribution in [0, 0.1) is 13.8 Å². The minimum absolute atomic E-state index is 0.735. The van der Waals surface area contributed by atoms with Crippen LogP contribution >= 0.6 is 0 Å². The van der Waals surface area contributed by atoms with Crippen LogP contribution in [-0.2, 0) is 6.42 Å². The molecule has 0 aliphatic heterocycles. The molecule has 1 rings (SSSR count). The van der Waals surface area contributed by atoms with E-state index in [1.165, 1.54) is 23.1 Å². The molecule has 0 radical (unpaired) electrons. The Morgan fingerprint density at radius 1 is 1.19 bits per heavy atom. The van der Waals surface area contributed by atoms with Crippen LogP contribution in [0.5, 0.6) is 5.75 Å². The summed E-state index contributed by atoms with van der Waals surface area (Å²) in [5, 5.41) is 3.18. The molecule has 90 valence electrons. The second-order valence-corrected chi connectivity index (χ2v) is 4.18. The lowest BCUT2D eigenvalue weighted by Gasteiger charge is -2.12. The molecule has 2 nitrogen and oxygen atoms in total. The molecule has 16 heavy (non-hydrogen) atoms. The fourth-order valence-corrected chi connectivity index (χ4v) is 1.89. The molecule has 1 aromatic carbocycles. The van der Waals surface area contributed by atoms with Gasteiger partial charge < -0.3 is 10.1 Å². The first-order chi connectivity index (χ1) is 7.69. The van der Waals surface area contributed by atoms with Crippen LogP contribution < -0.4 is 10.1 Å². The number of rotatable bonds is 6. The Labute approximate surface area is 99.0 Å². The lowest BCUT2D eigenvalue weighted by Crippen LogP contribution is -2.09. The van der Waals surface area contributed by atoms with E-state index in [0.29, 0.717) is 0 Å². The van der Waals surface area contributed by atoms with E-state index in [9.17, 15) is 0 Å². The smallest absolute Gasteiger partial charge is 0.122 e. The van der Waals surface area contributed by atoms with Crippen LogP contribution in [0.1, 0.15) is 30.0 Å². The predicted octanol–water partition coefficient (Wildman–Crippen LogP) is 2.85. The minimum atomic E-state index is 0.735. The van der Waals surface area contributed by atoms with Crippen molar-refractivity contribution in [1.29, 1.82) is 0 Å². The van der Waals surface area contributed by atoms with Crippen molar-refractivity contribution < 1.29 is 4.74 Å². The van der Waals surface area contributed by atoms with Crippen molar-refractivity contribution in [3.8, 4) is 5.75 Å². The van der Waals surface area contributed by atoms with Gasteiger partial charge in [-0.05, 0) is 70.0 Å². The largest absolute Gasteiger partial charge is 0.494 e. The molecule has 1 aromatic rings. The topological polar surface area (TPSA) is 21.3 Å². The average Bonchev–Trinajstić information content (AvgIpc) is 2.25. The predicted molar refractivity (Wildman–Crippen MR) is 69.3 cm³/mol. The first-order valence-corrected chi connectivity index (χ1v) is 6.06. The maximum absolute atomic E-state index is 5.59. The average molecular weight is 221 g/mol. The van der Waals surface area contributed by atoms with Crippen LogP contribution in [0.25, 0.3) is 0 Å². The highest BCUT2D eigenvalue weighted by molar-refractivity contribution is 5.41. The van der Waals surface area contributed by atoms with Crippen molar-refractivity contribution in [3.63, 3.8) is 0 Å². The Morgan fingerprint density at radius 2 is 1.94 bits per heavy atom. The summed E-state index contributed by atoms with van der Waals surface area (Å²) in [5.41, 5.74) is 4.02. The maximum Gasteiger partial charge on any atom is 0.122 e. The first kappa shape index (κ1) is 13.0. The molecule has 0 unspecified atom stereocenters. The quantitative estimate of drug-likeness (QED) is 0.746. The number of benzene rings is 1. The molecule has 0 amide bonds. The zero-order valence-electron chi connectivity index (χ0n) is 10.9. The maximum atomic E-state index is 5.59. The number of nitrogens with one attached hydrogen (secondary N) is 1. The molecule has 1 N–H and O–H groups in total. The van der Waals surface area contributed by atoms with Gasteiger partial charge in [-0.15, -0.1) is 0 Å². The van der Waals surface area contributed by atoms with Crippen LogP contribution in [-0.4, -0.2) is 20.2 Å². The fraction of sp³-hybridized carbons (Fsp3) is 0.571. The molecular weight excluding hydrogens is 198 g/mol. The molecule has 0 atom stereocenters. The summed E-state index contributed by atoms with van der Waals surface area (Å²) < 4.78 is 5.59. The highest BCUT2D eigenvalue weighted by Gasteiger charge is 2.04. The monoisotopic (exact) mass is 221 g/mol. The fourth-order valence-electron chi connectivity index (χ4n) is 1.89. The molecule has 0 heterocycles. The molecule has 0 aliphatic carbocycles. The Hall–Kier alpha value is -1.02. The van der Waals surface area contributed by atoms with Gasteiger partial charge in [-0.25, -0.2) is 0 Å². The van der Waals surface area contributed by atoms with E-state index in [1.807, 2.05) is 14.0 Å². The van der Waals surface area contributed by atoms with Gasteiger partial charge in [0.2, 0.25) is 0 Å². The summed E-state index contributed by atoms with van der Waals surface area (Å²) in [6, 6.07) is 4.42. The molecule has 0 saturated carbocycles. The Kier molecular flexibility index (Phi) is 5.33. The van der Waals surface area contributed by atoms with Gasteiger partial charge in [0.15, 0.2) is 0 Å². The zero-order chi connectivity index (χ0) is 12.0. The lowest BCUT2D eigenvalue weighted by molar-refractivity contribution is 0.337. The number of aryl methyl sites for hydroxylation is 3. The standard InChI is InChI=1S/C14H23NO/c1-5-16-14-10-11(2)13(9-12(14)3)7-6-8-15-4/h9-10,15H,5-8H2,1-4H3. The van der Waals surface area contributed by atoms with Crippen LogP contribution in [0.3, 0.4) is 0 Å². The number of ether oxygens (including phenoxy) is 1. The van der Waals surface area contributed by atoms with Gasteiger partial charge in [-0.1, -0.05) is 6.07 Å². The van der Waals surface area contributed by atoms with Crippen LogP contribution in [0.15, 0.2) is 12.1 Å². The van der Waals surface area contributed by atoms with Gasteiger partial charge in [0.05, 0.1) is 6.61 Å². The van der Waals surface area contributed by atoms with E-state index in [0.717, 1.165) is 25.3 Å². The van der Waals surface area contributed by atoms with E-state index in [1.54, 1.807) is 0 Å².